The number of carbonyl (C=O) groups is 1. The molecule has 146 valence electrons. The van der Waals surface area contributed by atoms with Crippen LogP contribution in [0.5, 0.6) is 0 Å². The number of nitrogens with zero attached hydrogens (tertiary/aromatic N) is 3. The summed E-state index contributed by atoms with van der Waals surface area (Å²) in [5, 5.41) is 8.61. The van der Waals surface area contributed by atoms with Crippen molar-refractivity contribution in [3.05, 3.63) is 66.4 Å². The molecule has 1 saturated carbocycles. The molecule has 0 bridgehead atoms. The van der Waals surface area contributed by atoms with E-state index in [0.29, 0.717) is 5.69 Å². The van der Waals surface area contributed by atoms with E-state index in [9.17, 15) is 4.79 Å². The topological polar surface area (TPSA) is 59.8 Å². The van der Waals surface area contributed by atoms with Crippen LogP contribution in [0.4, 0.5) is 0 Å². The molecule has 1 fully saturated rings. The van der Waals surface area contributed by atoms with E-state index < -0.39 is 0 Å². The van der Waals surface area contributed by atoms with Crippen molar-refractivity contribution in [2.24, 2.45) is 0 Å². The van der Waals surface area contributed by atoms with Gasteiger partial charge < -0.3 is 5.32 Å². The highest BCUT2D eigenvalue weighted by Crippen LogP contribution is 2.29. The molecule has 2 heterocycles. The fourth-order valence-corrected chi connectivity index (χ4v) is 4.84. The Balaban J connectivity index is 1.54. The summed E-state index contributed by atoms with van der Waals surface area (Å²) >= 11 is 1.58. The Hall–Kier alpha value is -2.99. The van der Waals surface area contributed by atoms with Crippen LogP contribution in [0.15, 0.2) is 60.7 Å². The van der Waals surface area contributed by atoms with Gasteiger partial charge in [-0.2, -0.15) is 5.10 Å². The first kappa shape index (κ1) is 18.1. The van der Waals surface area contributed by atoms with Crippen LogP contribution in [0.2, 0.25) is 0 Å². The van der Waals surface area contributed by atoms with Gasteiger partial charge >= 0.3 is 0 Å². The summed E-state index contributed by atoms with van der Waals surface area (Å²) in [7, 11) is 0. The third-order valence-corrected chi connectivity index (χ3v) is 6.43. The highest BCUT2D eigenvalue weighted by Gasteiger charge is 2.22. The molecular formula is C23H22N4OS. The fraction of sp³-hybridized carbons (Fsp3) is 0.261. The zero-order valence-electron chi connectivity index (χ0n) is 16.0. The van der Waals surface area contributed by atoms with Gasteiger partial charge in [-0.15, -0.1) is 0 Å². The summed E-state index contributed by atoms with van der Waals surface area (Å²) in [6.45, 7) is 0. The first-order chi connectivity index (χ1) is 14.3. The van der Waals surface area contributed by atoms with Gasteiger partial charge in [0.1, 0.15) is 0 Å². The Morgan fingerprint density at radius 3 is 2.55 bits per heavy atom. The molecule has 0 unspecified atom stereocenters. The Bertz CT molecular complexity index is 1110. The van der Waals surface area contributed by atoms with Crippen LogP contribution in [-0.2, 0) is 0 Å². The number of thiazole rings is 1. The molecule has 5 nitrogen and oxygen atoms in total. The van der Waals surface area contributed by atoms with E-state index in [2.05, 4.69) is 16.5 Å². The number of aromatic nitrogens is 3. The van der Waals surface area contributed by atoms with Crippen LogP contribution in [0, 0.1) is 0 Å². The second-order valence-corrected chi connectivity index (χ2v) is 8.47. The van der Waals surface area contributed by atoms with Crippen LogP contribution in [-0.4, -0.2) is 26.7 Å². The lowest BCUT2D eigenvalue weighted by Crippen LogP contribution is -2.36. The van der Waals surface area contributed by atoms with Crippen LogP contribution in [0.3, 0.4) is 0 Å². The molecule has 5 rings (SSSR count). The first-order valence-corrected chi connectivity index (χ1v) is 10.9. The number of hydrogen-bond donors (Lipinski definition) is 1. The van der Waals surface area contributed by atoms with Gasteiger partial charge in [-0.25, -0.2) is 9.67 Å². The lowest BCUT2D eigenvalue weighted by molar-refractivity contribution is 0.0922. The molecule has 1 aliphatic rings. The number of fused-ring (bicyclic) bond motifs is 1. The Morgan fingerprint density at radius 2 is 1.76 bits per heavy atom. The number of carbonyl (C=O) groups excluding carboxylic acids is 1. The molecule has 2 aromatic carbocycles. The maximum absolute atomic E-state index is 12.9. The third kappa shape index (κ3) is 3.68. The van der Waals surface area contributed by atoms with Crippen molar-refractivity contribution in [1.82, 2.24) is 20.1 Å². The second kappa shape index (κ2) is 7.79. The number of benzene rings is 2. The highest BCUT2D eigenvalue weighted by molar-refractivity contribution is 7.20. The minimum absolute atomic E-state index is 0.103. The minimum Gasteiger partial charge on any atom is -0.348 e. The molecule has 0 atom stereocenters. The second-order valence-electron chi connectivity index (χ2n) is 7.47. The maximum Gasteiger partial charge on any atom is 0.272 e. The third-order valence-electron chi connectivity index (χ3n) is 5.42. The molecule has 6 heteroatoms. The van der Waals surface area contributed by atoms with Gasteiger partial charge in [0.2, 0.25) is 5.13 Å². The van der Waals surface area contributed by atoms with Crippen molar-refractivity contribution in [3.63, 3.8) is 0 Å². The lowest BCUT2D eigenvalue weighted by atomic mass is 9.95. The van der Waals surface area contributed by atoms with Crippen LogP contribution in [0.1, 0.15) is 42.6 Å². The van der Waals surface area contributed by atoms with Gasteiger partial charge in [0, 0.05) is 11.6 Å². The average Bonchev–Trinajstić information content (AvgIpc) is 3.39. The predicted octanol–water partition coefficient (Wildman–Crippen LogP) is 5.21. The molecule has 29 heavy (non-hydrogen) atoms. The van der Waals surface area contributed by atoms with E-state index >= 15 is 0 Å². The molecule has 1 amide bonds. The van der Waals surface area contributed by atoms with Crippen molar-refractivity contribution in [2.45, 2.75) is 38.1 Å². The zero-order chi connectivity index (χ0) is 19.6. The lowest BCUT2D eigenvalue weighted by Gasteiger charge is -2.22. The number of amides is 1. The van der Waals surface area contributed by atoms with Gasteiger partial charge in [0.05, 0.1) is 15.9 Å². The largest absolute Gasteiger partial charge is 0.348 e. The van der Waals surface area contributed by atoms with E-state index in [1.54, 1.807) is 16.0 Å². The molecule has 0 spiro atoms. The summed E-state index contributed by atoms with van der Waals surface area (Å²) in [4.78, 5) is 17.7. The van der Waals surface area contributed by atoms with Gasteiger partial charge in [0.25, 0.3) is 5.91 Å². The van der Waals surface area contributed by atoms with Crippen LogP contribution >= 0.6 is 11.3 Å². The number of hydrogen-bond acceptors (Lipinski definition) is 4. The van der Waals surface area contributed by atoms with E-state index in [1.807, 2.05) is 54.6 Å². The van der Waals surface area contributed by atoms with Gasteiger partial charge in [-0.05, 0) is 31.0 Å². The SMILES string of the molecule is O=C(NC1CCCCC1)c1cc(-c2ccccc2)n(-c2nc3ccccc3s2)n1. The number of rotatable bonds is 4. The van der Waals surface area contributed by atoms with Crippen LogP contribution < -0.4 is 5.32 Å². The predicted molar refractivity (Wildman–Crippen MR) is 117 cm³/mol. The van der Waals surface area contributed by atoms with Crippen molar-refractivity contribution in [2.75, 3.05) is 0 Å². The van der Waals surface area contributed by atoms with Gasteiger partial charge in [-0.3, -0.25) is 4.79 Å². The van der Waals surface area contributed by atoms with E-state index in [-0.39, 0.29) is 11.9 Å². The molecule has 4 aromatic rings. The minimum atomic E-state index is -0.103. The van der Waals surface area contributed by atoms with Gasteiger partial charge in [-0.1, -0.05) is 73.1 Å². The van der Waals surface area contributed by atoms with Crippen molar-refractivity contribution >= 4 is 27.5 Å². The van der Waals surface area contributed by atoms with Crippen molar-refractivity contribution in [1.29, 1.82) is 0 Å². The normalized spacial score (nSPS) is 14.9. The monoisotopic (exact) mass is 402 g/mol. The summed E-state index contributed by atoms with van der Waals surface area (Å²) < 4.78 is 2.90. The maximum atomic E-state index is 12.9. The molecule has 0 saturated heterocycles. The Kier molecular flexibility index (Phi) is 4.86. The molecule has 2 aromatic heterocycles. The van der Waals surface area contributed by atoms with E-state index in [0.717, 1.165) is 39.4 Å². The quantitative estimate of drug-likeness (QED) is 0.510. The molecular weight excluding hydrogens is 380 g/mol. The summed E-state index contributed by atoms with van der Waals surface area (Å²) in [5.41, 5.74) is 3.26. The molecule has 0 aliphatic heterocycles. The van der Waals surface area contributed by atoms with Crippen molar-refractivity contribution < 1.29 is 4.79 Å². The summed E-state index contributed by atoms with van der Waals surface area (Å²) in [6, 6.07) is 20.2. The van der Waals surface area contributed by atoms with Gasteiger partial charge in [0.15, 0.2) is 5.69 Å². The Labute approximate surface area is 173 Å². The number of nitrogens with one attached hydrogen (secondary N) is 1. The fourth-order valence-electron chi connectivity index (χ4n) is 3.91. The smallest absolute Gasteiger partial charge is 0.272 e. The number of para-hydroxylation sites is 1. The van der Waals surface area contributed by atoms with E-state index in [1.165, 1.54) is 19.3 Å². The first-order valence-electron chi connectivity index (χ1n) is 10.1. The van der Waals surface area contributed by atoms with Crippen LogP contribution in [0.25, 0.3) is 26.6 Å². The molecule has 0 radical (unpaired) electrons. The highest BCUT2D eigenvalue weighted by atomic mass is 32.1. The Morgan fingerprint density at radius 1 is 1.00 bits per heavy atom. The zero-order valence-corrected chi connectivity index (χ0v) is 16.9. The van der Waals surface area contributed by atoms with E-state index in [4.69, 9.17) is 4.98 Å². The summed E-state index contributed by atoms with van der Waals surface area (Å²) in [6.07, 6.45) is 5.73. The molecule has 1 aliphatic carbocycles. The van der Waals surface area contributed by atoms with Crippen molar-refractivity contribution in [3.8, 4) is 16.4 Å². The standard InChI is InChI=1S/C23H22N4OS/c28-22(24-17-11-5-2-6-12-17)19-15-20(16-9-3-1-4-10-16)27(26-19)23-25-18-13-7-8-14-21(18)29-23/h1,3-4,7-10,13-15,17H,2,5-6,11-12H2,(H,24,28). The average molecular weight is 403 g/mol. The summed E-state index contributed by atoms with van der Waals surface area (Å²) in [5.74, 6) is -0.103. The molecule has 1 N–H and O–H groups in total.